The van der Waals surface area contributed by atoms with Gasteiger partial charge in [0.05, 0.1) is 13.2 Å². The number of halogens is 2. The van der Waals surface area contributed by atoms with Crippen molar-refractivity contribution in [3.8, 4) is 5.75 Å². The minimum Gasteiger partial charge on any atom is -0.489 e. The number of ether oxygens (including phenoxy) is 2. The molecule has 0 aliphatic carbocycles. The summed E-state index contributed by atoms with van der Waals surface area (Å²) in [7, 11) is 0. The number of hydrogen-bond acceptors (Lipinski definition) is 6. The number of hydrazine groups is 1. The Morgan fingerprint density at radius 1 is 1.29 bits per heavy atom. The smallest absolute Gasteiger partial charge is 0.325 e. The lowest BCUT2D eigenvalue weighted by atomic mass is 10.0. The topological polar surface area (TPSA) is 74.3 Å². The Balaban J connectivity index is 1.55. The normalized spacial score (nSPS) is 23.8. The standard InChI is InChI=1S/C19H27F2N3O4/c1-19(18(25)26)5-2-6-24(19)22-13-14-3-4-15(17(21)16(14)20)28-12-9-23-7-10-27-11-8-23/h3-4,22H,2,5-13H2,1H3,(H,25,26)/t19-/m1/s1. The van der Waals surface area contributed by atoms with Crippen LogP contribution in [0.1, 0.15) is 25.3 Å². The molecule has 2 saturated heterocycles. The van der Waals surface area contributed by atoms with Crippen molar-refractivity contribution in [1.29, 1.82) is 0 Å². The first-order valence-electron chi connectivity index (χ1n) is 9.56. The highest BCUT2D eigenvalue weighted by atomic mass is 19.2. The van der Waals surface area contributed by atoms with Crippen molar-refractivity contribution < 1.29 is 28.2 Å². The predicted molar refractivity (Wildman–Crippen MR) is 97.9 cm³/mol. The Labute approximate surface area is 163 Å². The van der Waals surface area contributed by atoms with Gasteiger partial charge >= 0.3 is 5.97 Å². The van der Waals surface area contributed by atoms with Crippen LogP contribution in [-0.4, -0.2) is 72.5 Å². The molecule has 9 heteroatoms. The molecule has 0 spiro atoms. The summed E-state index contributed by atoms with van der Waals surface area (Å²) in [6.07, 6.45) is 1.23. The lowest BCUT2D eigenvalue weighted by molar-refractivity contribution is -0.150. The summed E-state index contributed by atoms with van der Waals surface area (Å²) in [6, 6.07) is 2.87. The molecular formula is C19H27F2N3O4. The molecule has 28 heavy (non-hydrogen) atoms. The second kappa shape index (κ2) is 9.13. The van der Waals surface area contributed by atoms with Gasteiger partial charge in [-0.15, -0.1) is 0 Å². The lowest BCUT2D eigenvalue weighted by Crippen LogP contribution is -2.54. The van der Waals surface area contributed by atoms with Crippen LogP contribution in [0.4, 0.5) is 8.78 Å². The van der Waals surface area contributed by atoms with Crippen molar-refractivity contribution in [2.24, 2.45) is 0 Å². The molecule has 0 bridgehead atoms. The maximum absolute atomic E-state index is 14.4. The fourth-order valence-corrected chi connectivity index (χ4v) is 3.55. The summed E-state index contributed by atoms with van der Waals surface area (Å²) in [5.41, 5.74) is 2.01. The number of nitrogens with zero attached hydrogens (tertiary/aromatic N) is 2. The fourth-order valence-electron chi connectivity index (χ4n) is 3.55. The van der Waals surface area contributed by atoms with Gasteiger partial charge in [-0.25, -0.2) is 14.8 Å². The van der Waals surface area contributed by atoms with Crippen LogP contribution in [0.2, 0.25) is 0 Å². The van der Waals surface area contributed by atoms with E-state index in [1.807, 2.05) is 0 Å². The minimum atomic E-state index is -1.04. The van der Waals surface area contributed by atoms with Gasteiger partial charge < -0.3 is 14.6 Å². The van der Waals surface area contributed by atoms with Crippen molar-refractivity contribution in [2.75, 3.05) is 46.0 Å². The molecule has 7 nitrogen and oxygen atoms in total. The van der Waals surface area contributed by atoms with Crippen LogP contribution >= 0.6 is 0 Å². The Bertz CT molecular complexity index is 700. The fraction of sp³-hybridized carbons (Fsp3) is 0.632. The van der Waals surface area contributed by atoms with E-state index >= 15 is 0 Å². The molecule has 0 radical (unpaired) electrons. The second-order valence-electron chi connectivity index (χ2n) is 7.32. The summed E-state index contributed by atoms with van der Waals surface area (Å²) in [5, 5.41) is 11.0. The van der Waals surface area contributed by atoms with E-state index in [1.165, 1.54) is 12.1 Å². The molecule has 0 amide bonds. The number of nitrogens with one attached hydrogen (secondary N) is 1. The van der Waals surface area contributed by atoms with Gasteiger partial charge in [0.1, 0.15) is 12.1 Å². The summed E-state index contributed by atoms with van der Waals surface area (Å²) in [5.74, 6) is -3.06. The van der Waals surface area contributed by atoms with Crippen LogP contribution in [0.3, 0.4) is 0 Å². The minimum absolute atomic E-state index is 0.000316. The van der Waals surface area contributed by atoms with Crippen molar-refractivity contribution >= 4 is 5.97 Å². The number of carboxylic acids is 1. The van der Waals surface area contributed by atoms with Gasteiger partial charge in [0.15, 0.2) is 11.6 Å². The van der Waals surface area contributed by atoms with Crippen molar-refractivity contribution in [1.82, 2.24) is 15.3 Å². The van der Waals surface area contributed by atoms with Gasteiger partial charge in [-0.2, -0.15) is 4.39 Å². The highest BCUT2D eigenvalue weighted by Crippen LogP contribution is 2.28. The van der Waals surface area contributed by atoms with Crippen LogP contribution in [-0.2, 0) is 16.1 Å². The average molecular weight is 399 g/mol. The molecule has 2 aliphatic heterocycles. The first kappa shape index (κ1) is 20.9. The van der Waals surface area contributed by atoms with Crippen molar-refractivity contribution in [2.45, 2.75) is 31.8 Å². The van der Waals surface area contributed by atoms with Crippen LogP contribution in [0.5, 0.6) is 5.75 Å². The summed E-state index contributed by atoms with van der Waals surface area (Å²) in [4.78, 5) is 13.6. The van der Waals surface area contributed by atoms with E-state index in [1.54, 1.807) is 11.9 Å². The van der Waals surface area contributed by atoms with Crippen LogP contribution in [0.25, 0.3) is 0 Å². The van der Waals surface area contributed by atoms with E-state index in [4.69, 9.17) is 9.47 Å². The monoisotopic (exact) mass is 399 g/mol. The highest BCUT2D eigenvalue weighted by molar-refractivity contribution is 5.78. The van der Waals surface area contributed by atoms with Crippen molar-refractivity contribution in [3.63, 3.8) is 0 Å². The largest absolute Gasteiger partial charge is 0.489 e. The number of benzene rings is 1. The summed E-state index contributed by atoms with van der Waals surface area (Å²) < 4.78 is 39.4. The molecule has 0 aromatic heterocycles. The molecule has 2 N–H and O–H groups in total. The number of morpholine rings is 1. The number of hydrogen-bond donors (Lipinski definition) is 2. The maximum atomic E-state index is 14.4. The van der Waals surface area contributed by atoms with E-state index in [9.17, 15) is 18.7 Å². The number of aliphatic carboxylic acids is 1. The first-order valence-corrected chi connectivity index (χ1v) is 9.56. The molecule has 1 aromatic rings. The zero-order valence-corrected chi connectivity index (χ0v) is 16.0. The van der Waals surface area contributed by atoms with E-state index in [0.29, 0.717) is 32.7 Å². The Kier molecular flexibility index (Phi) is 6.82. The first-order chi connectivity index (χ1) is 13.4. The van der Waals surface area contributed by atoms with Gasteiger partial charge in [0.25, 0.3) is 0 Å². The zero-order valence-electron chi connectivity index (χ0n) is 16.0. The molecule has 156 valence electrons. The summed E-state index contributed by atoms with van der Waals surface area (Å²) in [6.45, 7) is 5.99. The molecule has 0 unspecified atom stereocenters. The third kappa shape index (κ3) is 4.60. The average Bonchev–Trinajstić information content (AvgIpc) is 3.07. The Morgan fingerprint density at radius 2 is 2.04 bits per heavy atom. The lowest BCUT2D eigenvalue weighted by Gasteiger charge is -2.31. The van der Waals surface area contributed by atoms with E-state index in [-0.39, 0.29) is 24.5 Å². The quantitative estimate of drug-likeness (QED) is 0.688. The maximum Gasteiger partial charge on any atom is 0.325 e. The van der Waals surface area contributed by atoms with Crippen LogP contribution in [0.15, 0.2) is 12.1 Å². The van der Waals surface area contributed by atoms with Gasteiger partial charge in [-0.05, 0) is 25.8 Å². The van der Waals surface area contributed by atoms with Crippen LogP contribution < -0.4 is 10.2 Å². The van der Waals surface area contributed by atoms with Gasteiger partial charge in [0.2, 0.25) is 5.82 Å². The number of carbonyl (C=O) groups is 1. The SMILES string of the molecule is C[C@]1(C(=O)O)CCCN1NCc1ccc(OCCN2CCOCC2)c(F)c1F. The number of rotatable bonds is 8. The van der Waals surface area contributed by atoms with Gasteiger partial charge in [-0.1, -0.05) is 6.07 Å². The van der Waals surface area contributed by atoms with Gasteiger partial charge in [0, 0.05) is 38.3 Å². The Hall–Kier alpha value is -1.81. The molecule has 1 atom stereocenters. The van der Waals surface area contributed by atoms with Gasteiger partial charge in [-0.3, -0.25) is 9.69 Å². The molecule has 0 saturated carbocycles. The highest BCUT2D eigenvalue weighted by Gasteiger charge is 2.43. The third-order valence-electron chi connectivity index (χ3n) is 5.46. The van der Waals surface area contributed by atoms with E-state index < -0.39 is 23.1 Å². The molecule has 2 heterocycles. The van der Waals surface area contributed by atoms with E-state index in [0.717, 1.165) is 19.5 Å². The summed E-state index contributed by atoms with van der Waals surface area (Å²) >= 11 is 0. The Morgan fingerprint density at radius 3 is 2.75 bits per heavy atom. The number of carboxylic acid groups (broad SMARTS) is 1. The molecule has 2 aliphatic rings. The predicted octanol–water partition coefficient (Wildman–Crippen LogP) is 1.62. The van der Waals surface area contributed by atoms with Crippen LogP contribution in [0, 0.1) is 11.6 Å². The molecular weight excluding hydrogens is 372 g/mol. The van der Waals surface area contributed by atoms with Crippen molar-refractivity contribution in [3.05, 3.63) is 29.3 Å². The second-order valence-corrected chi connectivity index (χ2v) is 7.32. The van der Waals surface area contributed by atoms with E-state index in [2.05, 4.69) is 10.3 Å². The molecule has 2 fully saturated rings. The molecule has 3 rings (SSSR count). The zero-order chi connectivity index (χ0) is 20.1. The molecule has 1 aromatic carbocycles. The third-order valence-corrected chi connectivity index (χ3v) is 5.46.